The van der Waals surface area contributed by atoms with Gasteiger partial charge in [0, 0.05) is 0 Å². The molecule has 0 amide bonds. The van der Waals surface area contributed by atoms with Gasteiger partial charge in [-0.05, 0) is 0 Å². The molecule has 0 fully saturated rings. The predicted octanol–water partition coefficient (Wildman–Crippen LogP) is 17.7. The van der Waals surface area contributed by atoms with Gasteiger partial charge in [0.05, 0.1) is 0 Å². The summed E-state index contributed by atoms with van der Waals surface area (Å²) in [7, 11) is 0. The third-order valence-electron chi connectivity index (χ3n) is 13.4. The summed E-state index contributed by atoms with van der Waals surface area (Å²) in [6.45, 7) is 0. The summed E-state index contributed by atoms with van der Waals surface area (Å²) in [5.41, 5.74) is 15.1. The molecule has 0 spiro atoms. The van der Waals surface area contributed by atoms with Crippen LogP contribution in [0, 0.1) is 0 Å². The second kappa shape index (κ2) is 15.5. The third kappa shape index (κ3) is 6.28. The molecule has 1 heteroatoms. The molecule has 0 bridgehead atoms. The molecule has 13 aromatic rings. The zero-order valence-electron chi connectivity index (χ0n) is 35.5. The van der Waals surface area contributed by atoms with Crippen LogP contribution in [0.25, 0.3) is 129 Å². The van der Waals surface area contributed by atoms with Crippen molar-refractivity contribution in [1.82, 2.24) is 0 Å². The quantitative estimate of drug-likeness (QED) is 0.115. The molecular weight excluding hydrogens is 848 g/mol. The minimum atomic E-state index is 0.178. The minimum Gasteiger partial charge on any atom is -0.0617 e. The Morgan fingerprint density at radius 1 is 0.169 bits per heavy atom. The van der Waals surface area contributed by atoms with E-state index in [1.54, 1.807) is 0 Å². The average Bonchev–Trinajstić information content (AvgIpc) is 3.75. The number of benzene rings is 12. The summed E-state index contributed by atoms with van der Waals surface area (Å²) in [5.74, 6) is 0. The first kappa shape index (κ1) is 37.7. The maximum absolute atomic E-state index is 2.51. The number of fused-ring (bicyclic) bond motifs is 7. The van der Waals surface area contributed by atoms with E-state index in [1.165, 1.54) is 129 Å². The summed E-state index contributed by atoms with van der Waals surface area (Å²) in [6, 6.07) is 90.2. The molecule has 0 atom stereocenters. The van der Waals surface area contributed by atoms with Crippen LogP contribution in [0.2, 0.25) is 0 Å². The zero-order chi connectivity index (χ0) is 42.8. The van der Waals surface area contributed by atoms with Crippen molar-refractivity contribution in [1.29, 1.82) is 0 Å². The fraction of sp³-hybridized carbons (Fsp3) is 0. The van der Waals surface area contributed by atoms with Gasteiger partial charge >= 0.3 is 350 Å². The number of hydrogen-bond acceptors (Lipinski definition) is 0. The van der Waals surface area contributed by atoms with Crippen LogP contribution >= 0.6 is 0 Å². The molecule has 0 aliphatic carbocycles. The molecule has 0 aliphatic rings. The fourth-order valence-electron chi connectivity index (χ4n) is 10.6. The van der Waals surface area contributed by atoms with Crippen LogP contribution in [0.1, 0.15) is 0 Å². The fourth-order valence-corrected chi connectivity index (χ4v) is 12.9. The Balaban J connectivity index is 0.994. The second-order valence-corrected chi connectivity index (χ2v) is 19.4. The first-order valence-electron chi connectivity index (χ1n) is 22.4. The van der Waals surface area contributed by atoms with Gasteiger partial charge in [0.2, 0.25) is 0 Å². The van der Waals surface area contributed by atoms with E-state index < -0.39 is 0 Å². The Labute approximate surface area is 384 Å². The molecule has 0 radical (unpaired) electrons. The van der Waals surface area contributed by atoms with Gasteiger partial charge in [0.25, 0.3) is 0 Å². The summed E-state index contributed by atoms with van der Waals surface area (Å²) in [4.78, 5) is 0. The molecule has 0 N–H and O–H groups in total. The molecule has 12 aromatic carbocycles. The van der Waals surface area contributed by atoms with Crippen molar-refractivity contribution in [2.45, 2.75) is 0 Å². The first-order valence-corrected chi connectivity index (χ1v) is 24.1. The Morgan fingerprint density at radius 3 is 0.954 bits per heavy atom. The smallest absolute Gasteiger partial charge is 0.0617 e. The van der Waals surface area contributed by atoms with Gasteiger partial charge in [-0.1, -0.05) is 36.4 Å². The van der Waals surface area contributed by atoms with E-state index in [0.717, 1.165) is 0 Å². The van der Waals surface area contributed by atoms with E-state index in [9.17, 15) is 0 Å². The monoisotopic (exact) mass is 888 g/mol. The van der Waals surface area contributed by atoms with E-state index in [-0.39, 0.29) is 14.5 Å². The average molecular weight is 888 g/mol. The van der Waals surface area contributed by atoms with Crippen molar-refractivity contribution in [2.75, 3.05) is 0 Å². The van der Waals surface area contributed by atoms with E-state index in [4.69, 9.17) is 0 Å². The molecule has 302 valence electrons. The number of hydrogen-bond donors (Lipinski definition) is 0. The van der Waals surface area contributed by atoms with Crippen molar-refractivity contribution < 1.29 is 0 Å². The summed E-state index contributed by atoms with van der Waals surface area (Å²) >= 11 is 0.178. The Morgan fingerprint density at radius 2 is 0.508 bits per heavy atom. The maximum atomic E-state index is 2.51. The molecule has 0 nitrogen and oxygen atoms in total. The van der Waals surface area contributed by atoms with Crippen molar-refractivity contribution in [3.05, 3.63) is 243 Å². The van der Waals surface area contributed by atoms with Crippen LogP contribution in [0.4, 0.5) is 0 Å². The van der Waals surface area contributed by atoms with Gasteiger partial charge in [0.1, 0.15) is 0 Å². The van der Waals surface area contributed by atoms with E-state index >= 15 is 0 Å². The molecule has 0 saturated heterocycles. The third-order valence-corrected chi connectivity index (χ3v) is 15.8. The van der Waals surface area contributed by atoms with Crippen LogP contribution in [-0.2, 0) is 0 Å². The number of rotatable bonds is 6. The van der Waals surface area contributed by atoms with Crippen molar-refractivity contribution in [3.63, 3.8) is 0 Å². The predicted molar refractivity (Wildman–Crippen MR) is 281 cm³/mol. The molecule has 65 heavy (non-hydrogen) atoms. The van der Waals surface area contributed by atoms with Crippen molar-refractivity contribution in [3.8, 4) is 66.8 Å². The van der Waals surface area contributed by atoms with Crippen LogP contribution < -0.4 is 0 Å². The molecule has 0 unspecified atom stereocenters. The zero-order valence-corrected chi connectivity index (χ0v) is 37.2. The van der Waals surface area contributed by atoms with Crippen LogP contribution in [-0.4, -0.2) is 14.5 Å². The first-order chi connectivity index (χ1) is 32.2. The van der Waals surface area contributed by atoms with Crippen LogP contribution in [0.3, 0.4) is 0 Å². The summed E-state index contributed by atoms with van der Waals surface area (Å²) in [5, 5.41) is 12.9. The molecule has 0 aliphatic heterocycles. The van der Waals surface area contributed by atoms with Gasteiger partial charge in [0.15, 0.2) is 0 Å². The second-order valence-electron chi connectivity index (χ2n) is 17.1. The van der Waals surface area contributed by atoms with E-state index in [2.05, 4.69) is 243 Å². The molecule has 0 saturated carbocycles. The Hall–Kier alpha value is -7.80. The van der Waals surface area contributed by atoms with Gasteiger partial charge < -0.3 is 0 Å². The topological polar surface area (TPSA) is 0 Å². The molecule has 1 aromatic heterocycles. The van der Waals surface area contributed by atoms with E-state index in [0.29, 0.717) is 0 Å². The molecular formula is C64H40Se. The van der Waals surface area contributed by atoms with Crippen molar-refractivity contribution in [2.24, 2.45) is 0 Å². The SMILES string of the molecule is c1ccc(-c2cc(-c3ccccc3)cc(-c3c4ccccc4c(-c4ccc5c(c4)[se]c4ccc(-c6c7ccccc7c(-c7ccccc7)c7ccccc67)cc45)c4ccccc34)c2)cc1. The van der Waals surface area contributed by atoms with Gasteiger partial charge in [-0.3, -0.25) is 0 Å². The minimum absolute atomic E-state index is 0.178. The Bertz CT molecular complexity index is 3800. The van der Waals surface area contributed by atoms with Gasteiger partial charge in [-0.15, -0.1) is 0 Å². The van der Waals surface area contributed by atoms with Gasteiger partial charge in [-0.25, -0.2) is 0 Å². The summed E-state index contributed by atoms with van der Waals surface area (Å²) < 4.78 is 2.89. The summed E-state index contributed by atoms with van der Waals surface area (Å²) in [6.07, 6.45) is 0. The Kier molecular flexibility index (Phi) is 8.98. The van der Waals surface area contributed by atoms with E-state index in [1.807, 2.05) is 0 Å². The van der Waals surface area contributed by atoms with Crippen LogP contribution in [0.15, 0.2) is 243 Å². The van der Waals surface area contributed by atoms with Crippen LogP contribution in [0.5, 0.6) is 0 Å². The normalized spacial score (nSPS) is 11.7. The standard InChI is InChI=1S/C64H40Se/c1-4-18-41(19-5-1)46-36-47(42-20-6-2-7-21-42)38-48(37-46)64-56-30-16-14-28-54(56)63(55-29-15-17-31-57(55)64)45-32-34-49-58-39-44(33-35-59(58)65-60(49)40-45)62-52-26-12-10-24-50(52)61(43-22-8-3-9-23-43)51-25-11-13-27-53(51)62/h1-40H. The van der Waals surface area contributed by atoms with Gasteiger partial charge in [-0.2, -0.15) is 0 Å². The molecule has 1 heterocycles. The molecule has 13 rings (SSSR count). The van der Waals surface area contributed by atoms with Crippen molar-refractivity contribution >= 4 is 76.9 Å².